The highest BCUT2D eigenvalue weighted by Gasteiger charge is 2.15. The first-order valence-corrected chi connectivity index (χ1v) is 5.11. The van der Waals surface area contributed by atoms with E-state index in [0.717, 1.165) is 0 Å². The molecule has 1 heterocycles. The van der Waals surface area contributed by atoms with Crippen molar-refractivity contribution in [3.05, 3.63) is 29.2 Å². The van der Waals surface area contributed by atoms with Gasteiger partial charge in [-0.3, -0.25) is 0 Å². The normalized spacial score (nSPS) is 10.3. The second kappa shape index (κ2) is 4.55. The molecule has 2 rings (SSSR count). The lowest BCUT2D eigenvalue weighted by Crippen LogP contribution is -2.04. The lowest BCUT2D eigenvalue weighted by Gasteiger charge is -2.08. The molecule has 88 valence electrons. The zero-order valence-electron chi connectivity index (χ0n) is 9.23. The third-order valence-corrected chi connectivity index (χ3v) is 2.61. The molecule has 0 aliphatic rings. The molecule has 0 spiro atoms. The first kappa shape index (κ1) is 11.6. The summed E-state index contributed by atoms with van der Waals surface area (Å²) in [6, 6.07) is 3.18. The predicted molar refractivity (Wildman–Crippen MR) is 62.4 cm³/mol. The maximum atomic E-state index is 11.6. The first-order valence-electron chi connectivity index (χ1n) is 4.74. The van der Waals surface area contributed by atoms with Crippen LogP contribution in [0.3, 0.4) is 0 Å². The zero-order chi connectivity index (χ0) is 12.4. The summed E-state index contributed by atoms with van der Waals surface area (Å²) in [5.74, 6) is -0.109. The third-order valence-electron chi connectivity index (χ3n) is 2.31. The Morgan fingerprint density at radius 3 is 2.71 bits per heavy atom. The molecule has 0 bridgehead atoms. The van der Waals surface area contributed by atoms with Crippen LogP contribution in [0.2, 0.25) is 5.15 Å². The van der Waals surface area contributed by atoms with Crippen LogP contribution >= 0.6 is 11.6 Å². The molecule has 0 unspecified atom stereocenters. The molecule has 1 aromatic heterocycles. The Morgan fingerprint density at radius 1 is 1.29 bits per heavy atom. The highest BCUT2D eigenvalue weighted by molar-refractivity contribution is 6.34. The largest absolute Gasteiger partial charge is 0.496 e. The maximum Gasteiger partial charge on any atom is 0.341 e. The Hall–Kier alpha value is -1.88. The molecule has 0 atom stereocenters. The molecule has 0 aliphatic carbocycles. The van der Waals surface area contributed by atoms with E-state index in [1.54, 1.807) is 12.1 Å². The summed E-state index contributed by atoms with van der Waals surface area (Å²) in [5.41, 5.74) is 0.897. The smallest absolute Gasteiger partial charge is 0.341 e. The molecule has 5 nitrogen and oxygen atoms in total. The summed E-state index contributed by atoms with van der Waals surface area (Å²) in [5, 5.41) is 0.859. The average Bonchev–Trinajstić information content (AvgIpc) is 2.37. The van der Waals surface area contributed by atoms with Crippen molar-refractivity contribution in [2.75, 3.05) is 14.2 Å². The fourth-order valence-electron chi connectivity index (χ4n) is 1.49. The summed E-state index contributed by atoms with van der Waals surface area (Å²) < 4.78 is 9.78. The van der Waals surface area contributed by atoms with E-state index in [0.29, 0.717) is 22.2 Å². The van der Waals surface area contributed by atoms with Gasteiger partial charge in [-0.1, -0.05) is 11.6 Å². The highest BCUT2D eigenvalue weighted by Crippen LogP contribution is 2.28. The fraction of sp³-hybridized carbons (Fsp3) is 0.182. The molecule has 0 aliphatic heterocycles. The van der Waals surface area contributed by atoms with Crippen LogP contribution in [0.5, 0.6) is 5.75 Å². The van der Waals surface area contributed by atoms with E-state index in [-0.39, 0.29) is 5.15 Å². The van der Waals surface area contributed by atoms with Gasteiger partial charge in [0.05, 0.1) is 19.7 Å². The van der Waals surface area contributed by atoms with E-state index < -0.39 is 5.97 Å². The van der Waals surface area contributed by atoms with Gasteiger partial charge in [0.25, 0.3) is 0 Å². The second-order valence-electron chi connectivity index (χ2n) is 3.23. The van der Waals surface area contributed by atoms with Gasteiger partial charge in [-0.2, -0.15) is 0 Å². The molecule has 17 heavy (non-hydrogen) atoms. The van der Waals surface area contributed by atoms with Crippen molar-refractivity contribution in [3.8, 4) is 5.75 Å². The number of nitrogens with zero attached hydrogens (tertiary/aromatic N) is 2. The summed E-state index contributed by atoms with van der Waals surface area (Å²) in [6.07, 6.45) is 1.35. The molecule has 6 heteroatoms. The Kier molecular flexibility index (Phi) is 3.10. The Labute approximate surface area is 102 Å². The second-order valence-corrected chi connectivity index (χ2v) is 3.58. The molecular weight excluding hydrogens is 244 g/mol. The number of carbonyl (C=O) groups excluding carboxylic acids is 1. The number of hydrogen-bond donors (Lipinski definition) is 0. The van der Waals surface area contributed by atoms with Crippen molar-refractivity contribution in [2.45, 2.75) is 0 Å². The zero-order valence-corrected chi connectivity index (χ0v) is 9.99. The van der Waals surface area contributed by atoms with E-state index in [1.807, 2.05) is 0 Å². The minimum absolute atomic E-state index is 0.280. The number of halogens is 1. The van der Waals surface area contributed by atoms with Gasteiger partial charge in [-0.25, -0.2) is 14.8 Å². The van der Waals surface area contributed by atoms with E-state index >= 15 is 0 Å². The van der Waals surface area contributed by atoms with Gasteiger partial charge in [-0.05, 0) is 6.07 Å². The van der Waals surface area contributed by atoms with Crippen molar-refractivity contribution in [1.82, 2.24) is 9.97 Å². The van der Waals surface area contributed by atoms with Gasteiger partial charge in [0.2, 0.25) is 0 Å². The lowest BCUT2D eigenvalue weighted by atomic mass is 10.1. The number of rotatable bonds is 2. The van der Waals surface area contributed by atoms with Crippen LogP contribution in [0.1, 0.15) is 10.4 Å². The SMILES string of the molecule is COC(=O)c1cc2c(Cl)ncnc2cc1OC. The Morgan fingerprint density at radius 2 is 2.06 bits per heavy atom. The van der Waals surface area contributed by atoms with Gasteiger partial charge in [-0.15, -0.1) is 0 Å². The quantitative estimate of drug-likeness (QED) is 0.605. The van der Waals surface area contributed by atoms with Gasteiger partial charge >= 0.3 is 5.97 Å². The van der Waals surface area contributed by atoms with Gasteiger partial charge in [0, 0.05) is 11.5 Å². The van der Waals surface area contributed by atoms with Crippen molar-refractivity contribution < 1.29 is 14.3 Å². The number of hydrogen-bond acceptors (Lipinski definition) is 5. The predicted octanol–water partition coefficient (Wildman–Crippen LogP) is 2.08. The van der Waals surface area contributed by atoms with Crippen molar-refractivity contribution in [1.29, 1.82) is 0 Å². The number of benzene rings is 1. The lowest BCUT2D eigenvalue weighted by molar-refractivity contribution is 0.0597. The fourth-order valence-corrected chi connectivity index (χ4v) is 1.69. The minimum atomic E-state index is -0.497. The summed E-state index contributed by atoms with van der Waals surface area (Å²) in [7, 11) is 2.77. The number of carbonyl (C=O) groups is 1. The standard InChI is InChI=1S/C11H9ClN2O3/c1-16-9-4-8-6(10(12)14-5-13-8)3-7(9)11(15)17-2/h3-5H,1-2H3. The molecule has 0 saturated heterocycles. The van der Waals surface area contributed by atoms with Crippen LogP contribution in [0, 0.1) is 0 Å². The average molecular weight is 253 g/mol. The Bertz CT molecular complexity index is 586. The van der Waals surface area contributed by atoms with Crippen LogP contribution in [-0.4, -0.2) is 30.2 Å². The summed E-state index contributed by atoms with van der Waals surface area (Å²) >= 11 is 5.93. The van der Waals surface area contributed by atoms with Crippen molar-refractivity contribution in [2.24, 2.45) is 0 Å². The number of esters is 1. The number of methoxy groups -OCH3 is 2. The maximum absolute atomic E-state index is 11.6. The van der Waals surface area contributed by atoms with Gasteiger partial charge in [0.15, 0.2) is 0 Å². The molecule has 0 N–H and O–H groups in total. The number of aromatic nitrogens is 2. The number of ether oxygens (including phenoxy) is 2. The molecule has 2 aromatic rings. The van der Waals surface area contributed by atoms with Gasteiger partial charge < -0.3 is 9.47 Å². The molecule has 0 fully saturated rings. The van der Waals surface area contributed by atoms with E-state index in [1.165, 1.54) is 20.5 Å². The van der Waals surface area contributed by atoms with Gasteiger partial charge in [0.1, 0.15) is 22.8 Å². The van der Waals surface area contributed by atoms with Crippen LogP contribution in [0.4, 0.5) is 0 Å². The highest BCUT2D eigenvalue weighted by atomic mass is 35.5. The molecule has 0 saturated carbocycles. The summed E-state index contributed by atoms with van der Waals surface area (Å²) in [4.78, 5) is 19.5. The minimum Gasteiger partial charge on any atom is -0.496 e. The number of fused-ring (bicyclic) bond motifs is 1. The van der Waals surface area contributed by atoms with Crippen LogP contribution in [0.15, 0.2) is 18.5 Å². The monoisotopic (exact) mass is 252 g/mol. The van der Waals surface area contributed by atoms with Crippen molar-refractivity contribution >= 4 is 28.5 Å². The van der Waals surface area contributed by atoms with E-state index in [4.69, 9.17) is 16.3 Å². The molecular formula is C11H9ClN2O3. The third kappa shape index (κ3) is 2.01. The van der Waals surface area contributed by atoms with Crippen molar-refractivity contribution in [3.63, 3.8) is 0 Å². The van der Waals surface area contributed by atoms with Crippen LogP contribution < -0.4 is 4.74 Å². The van der Waals surface area contributed by atoms with Crippen LogP contribution in [-0.2, 0) is 4.74 Å². The van der Waals surface area contributed by atoms with Crippen LogP contribution in [0.25, 0.3) is 10.9 Å². The topological polar surface area (TPSA) is 61.3 Å². The molecule has 0 amide bonds. The molecule has 1 aromatic carbocycles. The van der Waals surface area contributed by atoms with E-state index in [2.05, 4.69) is 14.7 Å². The Balaban J connectivity index is 2.74. The first-order chi connectivity index (χ1) is 8.17. The molecule has 0 radical (unpaired) electrons. The van der Waals surface area contributed by atoms with E-state index in [9.17, 15) is 4.79 Å². The summed E-state index contributed by atoms with van der Waals surface area (Å²) in [6.45, 7) is 0.